The minimum atomic E-state index is -4.51. The number of nitrogens with zero attached hydrogens (tertiary/aromatic N) is 14. The van der Waals surface area contributed by atoms with E-state index in [0.717, 1.165) is 76.4 Å². The summed E-state index contributed by atoms with van der Waals surface area (Å²) in [6.07, 6.45) is 11.2. The summed E-state index contributed by atoms with van der Waals surface area (Å²) in [4.78, 5) is 77.0. The normalized spacial score (nSPS) is 20.7. The van der Waals surface area contributed by atoms with Gasteiger partial charge in [0.05, 0.1) is 63.7 Å². The fraction of sp³-hybridized carbons (Fsp3) is 0.359. The van der Waals surface area contributed by atoms with Gasteiger partial charge < -0.3 is 61.6 Å². The van der Waals surface area contributed by atoms with Crippen molar-refractivity contribution in [2.75, 3.05) is 86.7 Å². The van der Waals surface area contributed by atoms with E-state index >= 15 is 0 Å². The molecule has 4 saturated heterocycles. The Balaban J connectivity index is -0.0000000860. The van der Waals surface area contributed by atoms with Gasteiger partial charge in [0, 0.05) is 218 Å². The lowest BCUT2D eigenvalue weighted by Gasteiger charge is -2.22. The molecule has 4 saturated carbocycles. The second-order valence-corrected chi connectivity index (χ2v) is 39.7. The van der Waals surface area contributed by atoms with E-state index in [2.05, 4.69) is 70.9 Å². The number of nitrogens with one attached hydrogen (secondary N) is 8. The average Bonchev–Trinajstić information content (AvgIpc) is 1.78. The molecule has 41 heteroatoms. The summed E-state index contributed by atoms with van der Waals surface area (Å²) in [6.45, 7) is 31.7. The lowest BCUT2D eigenvalue weighted by molar-refractivity contribution is -0.123. The molecule has 8 fully saturated rings. The highest BCUT2D eigenvalue weighted by molar-refractivity contribution is 7.90. The zero-order valence-corrected chi connectivity index (χ0v) is 73.6. The van der Waals surface area contributed by atoms with Gasteiger partial charge >= 0.3 is 30.5 Å². The number of amides is 5. The van der Waals surface area contributed by atoms with E-state index in [4.69, 9.17) is 31.0 Å². The lowest BCUT2D eigenvalue weighted by atomic mass is 9.97. The standard InChI is InChI=1S/C29H27N5O4S.C24H23F3N6O3S.C21H21N5O2S.C18H19F3N6O.37H2/c1-30-25-16-31-28-23(14-15-34(28)39(36,37)22-10-6-3-7-11-22)27(25)32-26-18-33(17-24(26)21-12-13-21)29(35)38-19-20-8-4-2-5-9-20;1-28-19-11-29-22-17(9-10-33(22)37(35,36)16-5-3-2-4-6-16)21(19)31-20-13-32(12-18(20)15-7-8-15)23(34)30-14-24(25,26)27;1-22-19-13-24-21-16(20(19)25-18-12-23-11-17(18)14-7-8-14)9-10-26(21)29(27,28)15-5-3-2-4-6-15;1-22-13-6-24-16-11(4-5-23-16)15(13)26-14-8-27(7-12(14)10-2-3-10)17(28)25-9-18(19,20)21;;;;;;;;;;;;;;;;;;;;;;;;;;;;;;;;;;;;;/h2-11,14-16,21,24,26H,12-13,17-19H2,(H,31,32);2-6,9-11,15,18,20H,7-8,12-14H2,(H,29,31)(H,30,34);2-6,9-10,13-14,17-18,23H,7-8,11-12H2,(H,24,25);4-6,10,12,14H,2-3,7-9H2,(H,25,28)(H2,23,24,26);37*1H/t24-,26-;18-,20-;17-,18-;12-,14-;;;;;;;;;;;;;;;;;;;;;;;;;;;;;;;;;;;;;/m0000...................................../s1. The molecule has 32 nitrogen and oxygen atoms in total. The topological polar surface area (TPSA) is 356 Å². The third kappa shape index (κ3) is 20.0. The van der Waals surface area contributed by atoms with E-state index in [9.17, 15) is 66.0 Å². The molecule has 8 N–H and O–H groups in total. The van der Waals surface area contributed by atoms with Gasteiger partial charge in [0.2, 0.25) is 22.7 Å². The van der Waals surface area contributed by atoms with E-state index in [-0.39, 0.29) is 159 Å². The quantitative estimate of drug-likeness (QED) is 0.0231. The second kappa shape index (κ2) is 37.7. The second-order valence-electron chi connectivity index (χ2n) is 34.2. The van der Waals surface area contributed by atoms with Gasteiger partial charge in [-0.05, 0) is 147 Å². The number of rotatable bonds is 22. The number of halogens is 6. The Morgan fingerprint density at radius 1 is 0.414 bits per heavy atom. The molecular weight excluding hydrogens is 1780 g/mol. The number of alkyl halides is 6. The number of H-pyrrole nitrogens is 1. The number of fused-ring (bicyclic) bond motifs is 4. The van der Waals surface area contributed by atoms with Gasteiger partial charge in [0.1, 0.15) is 25.3 Å². The van der Waals surface area contributed by atoms with E-state index < -0.39 is 67.6 Å². The van der Waals surface area contributed by atoms with Gasteiger partial charge in [0.25, 0.3) is 30.1 Å². The number of ether oxygens (including phenoxy) is 1. The van der Waals surface area contributed by atoms with Gasteiger partial charge in [-0.3, -0.25) is 4.98 Å². The third-order valence-electron chi connectivity index (χ3n) is 25.4. The zero-order chi connectivity index (χ0) is 93.3. The minimum absolute atomic E-state index is 0. The SMILES string of the molecule is [C-]#[N+]c1cnc2[nH]ccc2c1N[C@H]1CN(C(=O)NCC(F)(F)F)C[C@H]1C1CC1.[C-]#[N+]c1cnc2c(ccn2S(=O)(=O)c2ccccc2)c1N[C@H]1CN(C(=O)NCC(F)(F)F)C[C@H]1C1CC1.[C-]#[N+]c1cnc2c(ccn2S(=O)(=O)c2ccccc2)c1N[C@H]1CN(C(=O)OCc2ccccc2)C[C@H]1C1CC1.[C-]#[N+]c1cnc2c(ccn2S(=O)(=O)c2ccccc2)c1N[C@H]1CNC[C@H]1C1CC1.[HH].[HH].[HH].[HH].[HH].[HH].[HH].[HH].[HH].[HH].[HH].[HH].[HH].[HH].[HH].[HH].[HH].[HH].[HH].[HH].[HH].[HH].[HH].[HH].[HH].[HH].[HH].[HH].[HH].[HH].[HH].[HH].[HH].[HH].[HH].[HH].[HH]. The predicted molar refractivity (Wildman–Crippen MR) is 563 cm³/mol. The van der Waals surface area contributed by atoms with Crippen LogP contribution in [0.1, 0.15) is 110 Å². The number of urea groups is 2. The largest absolute Gasteiger partial charge is 0.445 e. The number of carbonyl (C=O) groups excluding carboxylic acids is 3. The van der Waals surface area contributed by atoms with Gasteiger partial charge in [0.15, 0.2) is 16.9 Å². The molecule has 4 aliphatic carbocycles. The molecule has 133 heavy (non-hydrogen) atoms. The molecule has 8 atom stereocenters. The number of carbonyl (C=O) groups is 3. The smallest absolute Gasteiger partial charge is 0.410 e. The van der Waals surface area contributed by atoms with Crippen molar-refractivity contribution in [3.63, 3.8) is 0 Å². The average molecular weight is 1950 g/mol. The first-order valence-electron chi connectivity index (χ1n) is 43.3. The molecule has 4 aliphatic heterocycles. The molecular formula is C92H164F6N22O10S3. The molecule has 12 heterocycles. The van der Waals surface area contributed by atoms with Crippen molar-refractivity contribution in [1.29, 1.82) is 0 Å². The van der Waals surface area contributed by atoms with Crippen LogP contribution in [0.15, 0.2) is 210 Å². The van der Waals surface area contributed by atoms with E-state index in [1.54, 1.807) is 96.0 Å². The maximum Gasteiger partial charge on any atom is 0.410 e. The zero-order valence-electron chi connectivity index (χ0n) is 71.2. The number of hydrogen-bond acceptors (Lipinski definition) is 19. The van der Waals surface area contributed by atoms with Crippen LogP contribution >= 0.6 is 0 Å². The van der Waals surface area contributed by atoms with E-state index in [1.807, 2.05) is 47.0 Å². The molecule has 8 aromatic heterocycles. The number of likely N-dealkylation sites (tertiary alicyclic amines) is 3. The summed E-state index contributed by atoms with van der Waals surface area (Å²) >= 11 is 0. The molecule has 5 amide bonds. The number of anilines is 4. The van der Waals surface area contributed by atoms with Crippen molar-refractivity contribution in [3.8, 4) is 0 Å². The van der Waals surface area contributed by atoms with Crippen molar-refractivity contribution in [2.45, 2.75) is 109 Å². The Hall–Kier alpha value is -14.0. The van der Waals surface area contributed by atoms with Crippen LogP contribution in [-0.4, -0.2) is 197 Å². The van der Waals surface area contributed by atoms with Crippen LogP contribution < -0.4 is 37.2 Å². The van der Waals surface area contributed by atoms with Crippen molar-refractivity contribution in [2.24, 2.45) is 47.3 Å². The summed E-state index contributed by atoms with van der Waals surface area (Å²) in [5.41, 5.74) is 5.79. The van der Waals surface area contributed by atoms with Crippen LogP contribution in [0.5, 0.6) is 0 Å². The van der Waals surface area contributed by atoms with Crippen LogP contribution in [0, 0.1) is 73.6 Å². The first kappa shape index (κ1) is 90.9. The van der Waals surface area contributed by atoms with Gasteiger partial charge in [-0.25, -0.2) is 85.9 Å². The number of aromatic amines is 1. The van der Waals surface area contributed by atoms with Crippen LogP contribution in [0.2, 0.25) is 0 Å². The van der Waals surface area contributed by atoms with Crippen molar-refractivity contribution in [3.05, 3.63) is 246 Å². The lowest BCUT2D eigenvalue weighted by Crippen LogP contribution is -2.43. The van der Waals surface area contributed by atoms with Crippen LogP contribution in [0.3, 0.4) is 0 Å². The first-order valence-corrected chi connectivity index (χ1v) is 47.6. The van der Waals surface area contributed by atoms with Crippen molar-refractivity contribution >= 4 is 138 Å². The summed E-state index contributed by atoms with van der Waals surface area (Å²) in [5.74, 6) is 2.84. The monoisotopic (exact) mass is 1950 g/mol. The summed E-state index contributed by atoms with van der Waals surface area (Å²) < 4.78 is 163. The van der Waals surface area contributed by atoms with Gasteiger partial charge in [-0.2, -0.15) is 26.3 Å². The van der Waals surface area contributed by atoms with Crippen molar-refractivity contribution in [1.82, 2.24) is 67.5 Å². The fourth-order valence-electron chi connectivity index (χ4n) is 18.2. The highest BCUT2D eigenvalue weighted by Gasteiger charge is 2.49. The summed E-state index contributed by atoms with van der Waals surface area (Å²) in [6, 6.07) is 38.9. The maximum absolute atomic E-state index is 13.3. The van der Waals surface area contributed by atoms with Crippen LogP contribution in [0.25, 0.3) is 63.5 Å². The Bertz CT molecular complexity index is 7040. The highest BCUT2D eigenvalue weighted by atomic mass is 32.2. The highest BCUT2D eigenvalue weighted by Crippen LogP contribution is 2.49. The van der Waals surface area contributed by atoms with Crippen LogP contribution in [-0.2, 0) is 41.4 Å². The van der Waals surface area contributed by atoms with Crippen LogP contribution in [0.4, 0.5) is 86.2 Å². The first-order chi connectivity index (χ1) is 64.0. The molecule has 0 unspecified atom stereocenters. The Kier molecular flexibility index (Phi) is 25.8. The molecule has 0 spiro atoms. The van der Waals surface area contributed by atoms with Crippen molar-refractivity contribution < 1.29 is 124 Å². The van der Waals surface area contributed by atoms with Gasteiger partial charge in [-0.15, -0.1) is 0 Å². The molecule has 4 aromatic carbocycles. The van der Waals surface area contributed by atoms with Gasteiger partial charge in [-0.1, -0.05) is 84.9 Å². The number of aromatic nitrogens is 8. The Morgan fingerprint density at radius 2 is 0.744 bits per heavy atom. The number of pyridine rings is 4. The number of hydrogen-bond donors (Lipinski definition) is 8. The molecule has 0 radical (unpaired) electrons. The number of benzene rings is 4. The maximum atomic E-state index is 13.3. The Labute approximate surface area is 816 Å². The molecule has 0 bridgehead atoms. The minimum Gasteiger partial charge on any atom is -0.445 e. The van der Waals surface area contributed by atoms with E-state index in [0.29, 0.717) is 111 Å². The summed E-state index contributed by atoms with van der Waals surface area (Å²) in [5, 5.41) is 23.5. The fourth-order valence-corrected chi connectivity index (χ4v) is 22.2. The molecule has 20 rings (SSSR count). The molecule has 762 valence electrons. The Morgan fingerprint density at radius 3 is 1.11 bits per heavy atom. The molecule has 12 aromatic rings. The molecule has 8 aliphatic rings. The summed E-state index contributed by atoms with van der Waals surface area (Å²) in [7, 11) is -11.6. The predicted octanol–water partition coefficient (Wildman–Crippen LogP) is 25.3. The third-order valence-corrected chi connectivity index (χ3v) is 30.5. The van der Waals surface area contributed by atoms with E-state index in [1.165, 1.54) is 94.3 Å².